The van der Waals surface area contributed by atoms with E-state index in [1.54, 1.807) is 6.92 Å². The Hall–Kier alpha value is -3.10. The van der Waals surface area contributed by atoms with Gasteiger partial charge in [-0.2, -0.15) is 0 Å². The Balaban J connectivity index is 2.11. The summed E-state index contributed by atoms with van der Waals surface area (Å²) in [4.78, 5) is 26.0. The van der Waals surface area contributed by atoms with Crippen molar-refractivity contribution in [1.29, 1.82) is 0 Å². The molecule has 2 aromatic rings. The maximum Gasteiger partial charge on any atom is 0.406 e. The molecule has 1 atom stereocenters. The Morgan fingerprint density at radius 1 is 1.29 bits per heavy atom. The molecule has 0 fully saturated rings. The largest absolute Gasteiger partial charge is 0.473 e. The minimum Gasteiger partial charge on any atom is -0.473 e. The van der Waals surface area contributed by atoms with Crippen molar-refractivity contribution in [1.82, 2.24) is 4.98 Å². The molecular formula is C15H13F2N3O4. The highest BCUT2D eigenvalue weighted by Crippen LogP contribution is 2.25. The number of nitrogens with zero attached hydrogens (tertiary/aromatic N) is 2. The van der Waals surface area contributed by atoms with E-state index in [1.165, 1.54) is 25.1 Å². The Bertz CT molecular complexity index is 798. The summed E-state index contributed by atoms with van der Waals surface area (Å²) in [6.45, 7) is 2.94. The maximum atomic E-state index is 13.1. The van der Waals surface area contributed by atoms with Crippen LogP contribution in [-0.4, -0.2) is 21.9 Å². The molecule has 1 aromatic carbocycles. The molecule has 0 unspecified atom stereocenters. The van der Waals surface area contributed by atoms with Crippen LogP contribution in [0.3, 0.4) is 0 Å². The summed E-state index contributed by atoms with van der Waals surface area (Å²) in [6.07, 6.45) is -1.12. The van der Waals surface area contributed by atoms with E-state index in [2.05, 4.69) is 10.3 Å². The summed E-state index contributed by atoms with van der Waals surface area (Å²) >= 11 is 0. The molecule has 9 heteroatoms. The van der Waals surface area contributed by atoms with Crippen molar-refractivity contribution < 1.29 is 23.2 Å². The molecule has 0 aliphatic heterocycles. The van der Waals surface area contributed by atoms with Gasteiger partial charge in [0.2, 0.25) is 5.75 Å². The third-order valence-electron chi connectivity index (χ3n) is 3.01. The zero-order valence-electron chi connectivity index (χ0n) is 12.7. The van der Waals surface area contributed by atoms with E-state index in [0.717, 1.165) is 12.1 Å². The number of hydrogen-bond acceptors (Lipinski definition) is 5. The zero-order valence-corrected chi connectivity index (χ0v) is 12.7. The fourth-order valence-corrected chi connectivity index (χ4v) is 1.81. The molecule has 24 heavy (non-hydrogen) atoms. The quantitative estimate of drug-likeness (QED) is 0.668. The van der Waals surface area contributed by atoms with Crippen LogP contribution < -0.4 is 10.1 Å². The van der Waals surface area contributed by atoms with Crippen LogP contribution in [-0.2, 0) is 4.79 Å². The Morgan fingerprint density at radius 3 is 2.62 bits per heavy atom. The van der Waals surface area contributed by atoms with Crippen LogP contribution in [0.4, 0.5) is 20.3 Å². The summed E-state index contributed by atoms with van der Waals surface area (Å²) in [5.41, 5.74) is 0.457. The Labute approximate surface area is 135 Å². The van der Waals surface area contributed by atoms with Gasteiger partial charge in [0, 0.05) is 18.7 Å². The maximum absolute atomic E-state index is 13.1. The van der Waals surface area contributed by atoms with Gasteiger partial charge in [0.15, 0.2) is 17.7 Å². The first-order valence-electron chi connectivity index (χ1n) is 6.82. The SMILES string of the molecule is Cc1ccc(O[C@H](C)C(=O)Nc2ccc(F)c(F)c2)c([N+](=O)[O-])n1. The lowest BCUT2D eigenvalue weighted by Crippen LogP contribution is -2.30. The second-order valence-corrected chi connectivity index (χ2v) is 4.91. The van der Waals surface area contributed by atoms with Crippen molar-refractivity contribution in [2.45, 2.75) is 20.0 Å². The normalized spacial score (nSPS) is 11.7. The van der Waals surface area contributed by atoms with Gasteiger partial charge in [0.1, 0.15) is 5.69 Å². The zero-order chi connectivity index (χ0) is 17.9. The van der Waals surface area contributed by atoms with Gasteiger partial charge in [-0.1, -0.05) is 0 Å². The second kappa shape index (κ2) is 6.99. The molecule has 0 radical (unpaired) electrons. The number of benzene rings is 1. The van der Waals surface area contributed by atoms with Crippen LogP contribution >= 0.6 is 0 Å². The van der Waals surface area contributed by atoms with E-state index in [-0.39, 0.29) is 11.4 Å². The standard InChI is InChI=1S/C15H13F2N3O4/c1-8-3-6-13(14(18-8)20(22)23)24-9(2)15(21)19-10-4-5-11(16)12(17)7-10/h3-7,9H,1-2H3,(H,19,21)/t9-/m1/s1. The molecule has 0 saturated heterocycles. The van der Waals surface area contributed by atoms with Crippen LogP contribution in [0.25, 0.3) is 0 Å². The number of rotatable bonds is 5. The number of nitrogens with one attached hydrogen (secondary N) is 1. The number of nitro groups is 1. The number of ether oxygens (including phenoxy) is 1. The van der Waals surface area contributed by atoms with Crippen LogP contribution in [0.5, 0.6) is 5.75 Å². The number of aromatic nitrogens is 1. The highest BCUT2D eigenvalue weighted by Gasteiger charge is 2.23. The molecule has 0 aliphatic carbocycles. The molecule has 2 rings (SSSR count). The Kier molecular flexibility index (Phi) is 5.02. The highest BCUT2D eigenvalue weighted by molar-refractivity contribution is 5.94. The van der Waals surface area contributed by atoms with Crippen LogP contribution in [0.1, 0.15) is 12.6 Å². The fraction of sp³-hybridized carbons (Fsp3) is 0.200. The molecule has 0 saturated carbocycles. The summed E-state index contributed by atoms with van der Waals surface area (Å²) < 4.78 is 31.2. The first-order valence-corrected chi connectivity index (χ1v) is 6.82. The van der Waals surface area contributed by atoms with Crippen LogP contribution in [0.2, 0.25) is 0 Å². The van der Waals surface area contributed by atoms with Gasteiger partial charge < -0.3 is 20.2 Å². The van der Waals surface area contributed by atoms with Crippen molar-refractivity contribution >= 4 is 17.4 Å². The number of carbonyl (C=O) groups is 1. The third-order valence-corrected chi connectivity index (χ3v) is 3.01. The first-order chi connectivity index (χ1) is 11.3. The van der Waals surface area contributed by atoms with E-state index < -0.39 is 34.4 Å². The lowest BCUT2D eigenvalue weighted by molar-refractivity contribution is -0.390. The highest BCUT2D eigenvalue weighted by atomic mass is 19.2. The number of anilines is 1. The van der Waals surface area contributed by atoms with Gasteiger partial charge in [-0.05, 0) is 41.1 Å². The lowest BCUT2D eigenvalue weighted by atomic mass is 10.2. The fourth-order valence-electron chi connectivity index (χ4n) is 1.81. The first kappa shape index (κ1) is 17.3. The van der Waals surface area contributed by atoms with Crippen LogP contribution in [0.15, 0.2) is 30.3 Å². The van der Waals surface area contributed by atoms with Crippen molar-refractivity contribution in [3.05, 3.63) is 57.8 Å². The van der Waals surface area contributed by atoms with E-state index in [0.29, 0.717) is 5.69 Å². The average Bonchev–Trinajstić information content (AvgIpc) is 2.52. The van der Waals surface area contributed by atoms with Crippen molar-refractivity contribution in [3.63, 3.8) is 0 Å². The molecular weight excluding hydrogens is 324 g/mol. The van der Waals surface area contributed by atoms with Gasteiger partial charge in [-0.15, -0.1) is 0 Å². The summed E-state index contributed by atoms with van der Waals surface area (Å²) in [6, 6.07) is 5.70. The lowest BCUT2D eigenvalue weighted by Gasteiger charge is -2.14. The molecule has 1 aromatic heterocycles. The number of halogens is 2. The number of pyridine rings is 1. The molecule has 1 N–H and O–H groups in total. The number of aryl methyl sites for hydroxylation is 1. The minimum atomic E-state index is -1.12. The van der Waals surface area contributed by atoms with E-state index >= 15 is 0 Å². The predicted molar refractivity (Wildman–Crippen MR) is 80.7 cm³/mol. The van der Waals surface area contributed by atoms with Gasteiger partial charge in [0.05, 0.1) is 0 Å². The van der Waals surface area contributed by atoms with Crippen molar-refractivity contribution in [3.8, 4) is 5.75 Å². The van der Waals surface area contributed by atoms with Gasteiger partial charge in [-0.25, -0.2) is 8.78 Å². The van der Waals surface area contributed by atoms with E-state index in [4.69, 9.17) is 4.74 Å². The molecule has 1 amide bonds. The molecule has 1 heterocycles. The summed E-state index contributed by atoms with van der Waals surface area (Å²) in [5.74, 6) is -3.52. The topological polar surface area (TPSA) is 94.4 Å². The molecule has 0 bridgehead atoms. The van der Waals surface area contributed by atoms with Gasteiger partial charge >= 0.3 is 5.82 Å². The van der Waals surface area contributed by atoms with Gasteiger partial charge in [0.25, 0.3) is 5.91 Å². The van der Waals surface area contributed by atoms with E-state index in [9.17, 15) is 23.7 Å². The molecule has 0 aliphatic rings. The molecule has 7 nitrogen and oxygen atoms in total. The number of hydrogen-bond donors (Lipinski definition) is 1. The van der Waals surface area contributed by atoms with E-state index in [1.807, 2.05) is 0 Å². The minimum absolute atomic E-state index is 0.0332. The van der Waals surface area contributed by atoms with Crippen molar-refractivity contribution in [2.24, 2.45) is 0 Å². The number of amides is 1. The summed E-state index contributed by atoms with van der Waals surface area (Å²) in [5, 5.41) is 13.3. The average molecular weight is 337 g/mol. The van der Waals surface area contributed by atoms with Crippen LogP contribution in [0, 0.1) is 28.7 Å². The monoisotopic (exact) mass is 337 g/mol. The summed E-state index contributed by atoms with van der Waals surface area (Å²) in [7, 11) is 0. The van der Waals surface area contributed by atoms with Gasteiger partial charge in [-0.3, -0.25) is 4.79 Å². The third kappa shape index (κ3) is 4.00. The second-order valence-electron chi connectivity index (χ2n) is 4.91. The number of carbonyl (C=O) groups excluding carboxylic acids is 1. The molecule has 126 valence electrons. The van der Waals surface area contributed by atoms with Crippen molar-refractivity contribution in [2.75, 3.05) is 5.32 Å². The molecule has 0 spiro atoms. The predicted octanol–water partition coefficient (Wildman–Crippen LogP) is 2.98. The Morgan fingerprint density at radius 2 is 2.00 bits per heavy atom. The smallest absolute Gasteiger partial charge is 0.406 e.